The van der Waals surface area contributed by atoms with Crippen LogP contribution in [-0.4, -0.2) is 26.6 Å². The lowest BCUT2D eigenvalue weighted by Crippen LogP contribution is -2.25. The number of aromatic nitrogens is 3. The zero-order valence-corrected chi connectivity index (χ0v) is 20.9. The van der Waals surface area contributed by atoms with Crippen molar-refractivity contribution in [3.8, 4) is 11.3 Å². The Morgan fingerprint density at radius 3 is 2.25 bits per heavy atom. The van der Waals surface area contributed by atoms with E-state index in [4.69, 9.17) is 10.8 Å². The third-order valence-corrected chi connectivity index (χ3v) is 5.55. The minimum Gasteiger partial charge on any atom is -0.365 e. The molecule has 4 N–H and O–H groups in total. The molecule has 0 atom stereocenters. The summed E-state index contributed by atoms with van der Waals surface area (Å²) in [6, 6.07) is 22.4. The van der Waals surface area contributed by atoms with E-state index < -0.39 is 11.4 Å². The van der Waals surface area contributed by atoms with E-state index in [9.17, 15) is 9.59 Å². The molecule has 0 aliphatic carbocycles. The minimum atomic E-state index is -0.601. The summed E-state index contributed by atoms with van der Waals surface area (Å²) in [5.41, 5.74) is 9.27. The van der Waals surface area contributed by atoms with Gasteiger partial charge in [0.25, 0.3) is 5.91 Å². The summed E-state index contributed by atoms with van der Waals surface area (Å²) in [6.45, 7) is 7.88. The van der Waals surface area contributed by atoms with Gasteiger partial charge in [0.2, 0.25) is 5.91 Å². The number of carbonyl (C=O) groups is 2. The van der Waals surface area contributed by atoms with Crippen LogP contribution in [0.25, 0.3) is 11.3 Å². The number of amides is 2. The van der Waals surface area contributed by atoms with Crippen LogP contribution < -0.4 is 16.4 Å². The van der Waals surface area contributed by atoms with Gasteiger partial charge in [0.15, 0.2) is 0 Å². The van der Waals surface area contributed by atoms with E-state index >= 15 is 0 Å². The summed E-state index contributed by atoms with van der Waals surface area (Å²) in [5, 5.41) is 10.9. The monoisotopic (exact) mass is 482 g/mol. The molecule has 0 aliphatic heterocycles. The number of benzene rings is 2. The Balaban J connectivity index is 1.66. The molecule has 184 valence electrons. The van der Waals surface area contributed by atoms with Crippen LogP contribution in [0.5, 0.6) is 0 Å². The second-order valence-corrected chi connectivity index (χ2v) is 9.60. The van der Waals surface area contributed by atoms with Crippen molar-refractivity contribution in [1.82, 2.24) is 14.8 Å². The van der Waals surface area contributed by atoms with Crippen molar-refractivity contribution in [3.63, 3.8) is 0 Å². The van der Waals surface area contributed by atoms with Crippen molar-refractivity contribution in [2.45, 2.75) is 39.7 Å². The van der Waals surface area contributed by atoms with Gasteiger partial charge in [-0.15, -0.1) is 0 Å². The second-order valence-electron chi connectivity index (χ2n) is 9.60. The summed E-state index contributed by atoms with van der Waals surface area (Å²) in [5.74, 6) is 0.353. The number of hydrogen-bond acceptors (Lipinski definition) is 5. The van der Waals surface area contributed by atoms with Gasteiger partial charge in [-0.25, -0.2) is 9.67 Å². The number of rotatable bonds is 7. The number of nitrogens with zero attached hydrogens (tertiary/aromatic N) is 3. The molecular weight excluding hydrogens is 452 g/mol. The van der Waals surface area contributed by atoms with E-state index in [2.05, 4.69) is 15.6 Å². The molecule has 0 aliphatic rings. The van der Waals surface area contributed by atoms with Crippen LogP contribution in [0, 0.1) is 6.92 Å². The Morgan fingerprint density at radius 2 is 1.64 bits per heavy atom. The van der Waals surface area contributed by atoms with Gasteiger partial charge in [-0.05, 0) is 57.5 Å². The van der Waals surface area contributed by atoms with Gasteiger partial charge in [-0.3, -0.25) is 9.59 Å². The van der Waals surface area contributed by atoms with Gasteiger partial charge in [-0.2, -0.15) is 5.10 Å². The van der Waals surface area contributed by atoms with Crippen LogP contribution in [-0.2, 0) is 16.8 Å². The van der Waals surface area contributed by atoms with Gasteiger partial charge in [0.05, 0.1) is 12.0 Å². The molecule has 8 nitrogen and oxygen atoms in total. The van der Waals surface area contributed by atoms with Crippen molar-refractivity contribution in [2.24, 2.45) is 5.73 Å². The fourth-order valence-electron chi connectivity index (χ4n) is 3.89. The lowest BCUT2D eigenvalue weighted by molar-refractivity contribution is -0.115. The fraction of sp³-hybridized carbons (Fsp3) is 0.214. The third-order valence-electron chi connectivity index (χ3n) is 5.55. The number of aryl methyl sites for hydroxylation is 1. The Morgan fingerprint density at radius 1 is 0.944 bits per heavy atom. The first-order chi connectivity index (χ1) is 17.1. The molecular formula is C28H30N6O2. The maximum Gasteiger partial charge on any atom is 0.254 e. The van der Waals surface area contributed by atoms with Crippen LogP contribution in [0.3, 0.4) is 0 Å². The molecule has 0 saturated heterocycles. The minimum absolute atomic E-state index is 0.110. The average Bonchev–Trinajstić information content (AvgIpc) is 3.20. The Bertz CT molecular complexity index is 1390. The molecule has 0 spiro atoms. The van der Waals surface area contributed by atoms with Crippen LogP contribution in [0.15, 0.2) is 72.8 Å². The quantitative estimate of drug-likeness (QED) is 0.342. The van der Waals surface area contributed by atoms with E-state index in [1.807, 2.05) is 88.4 Å². The molecule has 4 rings (SSSR count). The van der Waals surface area contributed by atoms with Gasteiger partial charge in [0, 0.05) is 16.9 Å². The van der Waals surface area contributed by atoms with Crippen molar-refractivity contribution in [2.75, 3.05) is 10.6 Å². The highest BCUT2D eigenvalue weighted by atomic mass is 16.2. The first kappa shape index (κ1) is 24.7. The standard InChI is InChI=1S/C28H30N6O2/c1-18-9-8-12-22(30-18)32-27-24(26(29)36)25(33-34(27)28(2,3)4)20-13-15-21(16-14-20)31-23(35)17-19-10-6-5-7-11-19/h5-16H,17H2,1-4H3,(H2,29,36)(H,30,32)(H,31,35). The average molecular weight is 483 g/mol. The van der Waals surface area contributed by atoms with E-state index in [1.165, 1.54) is 0 Å². The molecule has 36 heavy (non-hydrogen) atoms. The normalized spacial score (nSPS) is 11.2. The number of nitrogens with two attached hydrogens (primary N) is 1. The molecule has 2 heterocycles. The van der Waals surface area contributed by atoms with E-state index in [1.54, 1.807) is 16.8 Å². The van der Waals surface area contributed by atoms with E-state index in [0.29, 0.717) is 28.6 Å². The topological polar surface area (TPSA) is 115 Å². The molecule has 4 aromatic rings. The highest BCUT2D eigenvalue weighted by Gasteiger charge is 2.29. The van der Waals surface area contributed by atoms with Crippen molar-refractivity contribution in [1.29, 1.82) is 0 Å². The molecule has 0 saturated carbocycles. The van der Waals surface area contributed by atoms with Crippen molar-refractivity contribution in [3.05, 3.63) is 89.6 Å². The zero-order valence-electron chi connectivity index (χ0n) is 20.9. The van der Waals surface area contributed by atoms with Gasteiger partial charge < -0.3 is 16.4 Å². The molecule has 2 aromatic carbocycles. The van der Waals surface area contributed by atoms with Crippen LogP contribution >= 0.6 is 0 Å². The predicted octanol–water partition coefficient (Wildman–Crippen LogP) is 5.03. The van der Waals surface area contributed by atoms with Gasteiger partial charge >= 0.3 is 0 Å². The van der Waals surface area contributed by atoms with Crippen LogP contribution in [0.2, 0.25) is 0 Å². The molecule has 0 unspecified atom stereocenters. The largest absolute Gasteiger partial charge is 0.365 e. The summed E-state index contributed by atoms with van der Waals surface area (Å²) in [7, 11) is 0. The number of carbonyl (C=O) groups excluding carboxylic acids is 2. The maximum atomic E-state index is 12.7. The Kier molecular flexibility index (Phi) is 6.87. The Labute approximate surface area is 210 Å². The van der Waals surface area contributed by atoms with Gasteiger partial charge in [-0.1, -0.05) is 48.5 Å². The number of pyridine rings is 1. The van der Waals surface area contributed by atoms with E-state index in [-0.39, 0.29) is 17.9 Å². The first-order valence-corrected chi connectivity index (χ1v) is 11.7. The second kappa shape index (κ2) is 10.0. The summed E-state index contributed by atoms with van der Waals surface area (Å²) < 4.78 is 1.75. The maximum absolute atomic E-state index is 12.7. The van der Waals surface area contributed by atoms with Crippen molar-refractivity contribution >= 4 is 29.1 Å². The van der Waals surface area contributed by atoms with Gasteiger partial charge in [0.1, 0.15) is 22.9 Å². The lowest BCUT2D eigenvalue weighted by Gasteiger charge is -2.23. The molecule has 8 heteroatoms. The summed E-state index contributed by atoms with van der Waals surface area (Å²) in [4.78, 5) is 29.6. The molecule has 0 bridgehead atoms. The SMILES string of the molecule is Cc1cccc(Nc2c(C(N)=O)c(-c3ccc(NC(=O)Cc4ccccc4)cc3)nn2C(C)(C)C)n1. The molecule has 2 amide bonds. The van der Waals surface area contributed by atoms with Crippen molar-refractivity contribution < 1.29 is 9.59 Å². The van der Waals surface area contributed by atoms with Crippen LogP contribution in [0.4, 0.5) is 17.3 Å². The molecule has 0 fully saturated rings. The highest BCUT2D eigenvalue weighted by Crippen LogP contribution is 2.34. The zero-order chi connectivity index (χ0) is 25.9. The summed E-state index contributed by atoms with van der Waals surface area (Å²) in [6.07, 6.45) is 0.284. The first-order valence-electron chi connectivity index (χ1n) is 11.7. The summed E-state index contributed by atoms with van der Waals surface area (Å²) >= 11 is 0. The number of primary amides is 1. The number of hydrogen-bond donors (Lipinski definition) is 3. The van der Waals surface area contributed by atoms with E-state index in [0.717, 1.165) is 11.3 Å². The molecule has 2 aromatic heterocycles. The smallest absolute Gasteiger partial charge is 0.254 e. The number of nitrogens with one attached hydrogen (secondary N) is 2. The van der Waals surface area contributed by atoms with Crippen LogP contribution in [0.1, 0.15) is 42.4 Å². The predicted molar refractivity (Wildman–Crippen MR) is 142 cm³/mol. The Hall–Kier alpha value is -4.46. The fourth-order valence-corrected chi connectivity index (χ4v) is 3.89. The lowest BCUT2D eigenvalue weighted by atomic mass is 10.1. The number of anilines is 3. The highest BCUT2D eigenvalue weighted by molar-refractivity contribution is 6.04. The molecule has 0 radical (unpaired) electrons. The third kappa shape index (κ3) is 5.60.